The maximum atomic E-state index is 12.5. The van der Waals surface area contributed by atoms with Crippen LogP contribution in [0.3, 0.4) is 0 Å². The molecule has 0 radical (unpaired) electrons. The summed E-state index contributed by atoms with van der Waals surface area (Å²) in [4.78, 5) is 72.7. The van der Waals surface area contributed by atoms with E-state index in [1.807, 2.05) is 0 Å². The first-order valence-electron chi connectivity index (χ1n) is 14.8. The van der Waals surface area contributed by atoms with Crippen LogP contribution in [0.4, 0.5) is 23.3 Å². The summed E-state index contributed by atoms with van der Waals surface area (Å²) in [6, 6.07) is 2.97. The molecule has 2 amide bonds. The van der Waals surface area contributed by atoms with Crippen molar-refractivity contribution in [2.24, 2.45) is 21.5 Å². The number of guanidine groups is 2. The lowest BCUT2D eigenvalue weighted by molar-refractivity contribution is 0.0923. The minimum Gasteiger partial charge on any atom is -0.450 e. The second-order valence-corrected chi connectivity index (χ2v) is 11.1. The van der Waals surface area contributed by atoms with E-state index in [0.717, 1.165) is 0 Å². The highest BCUT2D eigenvalue weighted by Crippen LogP contribution is 2.19. The Morgan fingerprint density at radius 3 is 1.39 bits per heavy atom. The number of nitrogens with one attached hydrogen (secondary N) is 2. The lowest BCUT2D eigenvalue weighted by Gasteiger charge is -2.07. The van der Waals surface area contributed by atoms with E-state index in [0.29, 0.717) is 51.6 Å². The van der Waals surface area contributed by atoms with Gasteiger partial charge in [0.15, 0.2) is 80.0 Å². The first kappa shape index (κ1) is 37.9. The maximum absolute atomic E-state index is 12.5. The number of Topliss-reactive ketones (excluding diaryl/α,β-unsaturated/α-hetero) is 2. The molecule has 0 aromatic carbocycles. The summed E-state index contributed by atoms with van der Waals surface area (Å²) >= 11 is 11.6. The number of hydrogen-bond donors (Lipinski definition) is 8. The van der Waals surface area contributed by atoms with E-state index in [-0.39, 0.29) is 92.8 Å². The number of halogens is 2. The first-order chi connectivity index (χ1) is 23.3. The zero-order valence-corrected chi connectivity index (χ0v) is 27.7. The molecule has 0 aliphatic heterocycles. The van der Waals surface area contributed by atoms with Gasteiger partial charge in [-0.25, -0.2) is 19.9 Å². The Balaban J connectivity index is 1.29. The second kappa shape index (κ2) is 18.1. The molecular weight excluding hydrogens is 683 g/mol. The van der Waals surface area contributed by atoms with Crippen LogP contribution in [0.2, 0.25) is 10.3 Å². The van der Waals surface area contributed by atoms with Gasteiger partial charge in [-0.3, -0.25) is 39.8 Å². The Hall–Kier alpha value is -5.56. The quantitative estimate of drug-likeness (QED) is 0.0450. The highest BCUT2D eigenvalue weighted by atomic mass is 35.5. The van der Waals surface area contributed by atoms with E-state index in [2.05, 4.69) is 40.6 Å². The first-order valence-corrected chi connectivity index (χ1v) is 15.6. The van der Waals surface area contributed by atoms with Crippen LogP contribution < -0.4 is 45.0 Å². The Kier molecular flexibility index (Phi) is 14.0. The molecule has 0 aliphatic rings. The van der Waals surface area contributed by atoms with Crippen LogP contribution in [0.25, 0.3) is 0 Å². The minimum absolute atomic E-state index is 0.107. The molecule has 3 aromatic heterocycles. The number of carbonyl (C=O) groups excluding carboxylic acids is 4. The van der Waals surface area contributed by atoms with Gasteiger partial charge in [0.25, 0.3) is 11.8 Å². The molecule has 0 fully saturated rings. The molecule has 3 aromatic rings. The summed E-state index contributed by atoms with van der Waals surface area (Å²) in [5.74, 6) is -2.64. The molecular formula is C28H36Cl2N14O5. The van der Waals surface area contributed by atoms with Gasteiger partial charge in [-0.15, -0.1) is 0 Å². The Bertz CT molecular complexity index is 1640. The summed E-state index contributed by atoms with van der Waals surface area (Å²) in [6.45, 7) is 0.593. The van der Waals surface area contributed by atoms with Gasteiger partial charge in [0.2, 0.25) is 0 Å². The molecule has 0 spiro atoms. The summed E-state index contributed by atoms with van der Waals surface area (Å²) < 4.78 is 5.49. The van der Waals surface area contributed by atoms with Crippen LogP contribution in [-0.4, -0.2) is 68.3 Å². The number of hydrogen-bond acceptors (Lipinski definition) is 15. The normalized spacial score (nSPS) is 11.7. The molecule has 0 bridgehead atoms. The van der Waals surface area contributed by atoms with Gasteiger partial charge in [0.05, 0.1) is 0 Å². The Morgan fingerprint density at radius 1 is 0.612 bits per heavy atom. The van der Waals surface area contributed by atoms with Crippen molar-refractivity contribution in [1.29, 1.82) is 0 Å². The van der Waals surface area contributed by atoms with Crippen molar-refractivity contribution in [2.45, 2.75) is 51.4 Å². The maximum Gasteiger partial charge on any atom is 0.280 e. The molecule has 21 heteroatoms. The van der Waals surface area contributed by atoms with E-state index in [9.17, 15) is 19.2 Å². The van der Waals surface area contributed by atoms with Crippen molar-refractivity contribution < 1.29 is 23.6 Å². The predicted molar refractivity (Wildman–Crippen MR) is 184 cm³/mol. The molecule has 0 saturated heterocycles. The van der Waals surface area contributed by atoms with E-state index >= 15 is 0 Å². The van der Waals surface area contributed by atoms with Crippen LogP contribution in [0, 0.1) is 0 Å². The number of rotatable bonds is 16. The molecule has 19 nitrogen and oxygen atoms in total. The molecule has 0 aliphatic carbocycles. The third-order valence-electron chi connectivity index (χ3n) is 6.57. The average molecular weight is 720 g/mol. The van der Waals surface area contributed by atoms with Crippen LogP contribution in [0.15, 0.2) is 26.5 Å². The van der Waals surface area contributed by atoms with Gasteiger partial charge >= 0.3 is 0 Å². The monoisotopic (exact) mass is 718 g/mol. The van der Waals surface area contributed by atoms with Crippen LogP contribution in [-0.2, 0) is 0 Å². The summed E-state index contributed by atoms with van der Waals surface area (Å²) in [5, 5.41) is 4.35. The number of amides is 2. The fourth-order valence-corrected chi connectivity index (χ4v) is 4.33. The van der Waals surface area contributed by atoms with Gasteiger partial charge in [-0.2, -0.15) is 0 Å². The third kappa shape index (κ3) is 11.6. The van der Waals surface area contributed by atoms with Crippen molar-refractivity contribution in [3.05, 3.63) is 45.3 Å². The fraction of sp³-hybridized carbons (Fsp3) is 0.357. The second-order valence-electron chi connectivity index (χ2n) is 10.3. The van der Waals surface area contributed by atoms with Crippen molar-refractivity contribution in [1.82, 2.24) is 30.6 Å². The number of nitrogen functional groups attached to an aromatic ring is 4. The average Bonchev–Trinajstić information content (AvgIpc) is 3.54. The molecule has 0 atom stereocenters. The largest absolute Gasteiger partial charge is 0.450 e. The number of carbonyl (C=O) groups is 4. The molecule has 0 saturated carbocycles. The molecule has 3 heterocycles. The molecule has 3 rings (SSSR count). The fourth-order valence-electron chi connectivity index (χ4n) is 4.08. The number of furan rings is 1. The number of anilines is 4. The van der Waals surface area contributed by atoms with E-state index in [4.69, 9.17) is 62.0 Å². The highest BCUT2D eigenvalue weighted by Gasteiger charge is 2.19. The Labute approximate surface area is 289 Å². The standard InChI is InChI=1S/C28H36Cl2N14O5/c29-19-23(33)41-21(31)17(39-19)25(47)43-27(35)37-11-5-1-3-7-13(45)15-9-10-16(49-15)14(46)8-4-2-6-12-38-28(36)44-26(48)18-22(32)42-24(34)20(30)40-18/h9-10H,1-8,11-12H2,(H4,31,33,41)(H4,32,34,42)(H3,35,37,43,47)(H3,36,38,44,48). The topological polar surface area (TPSA) is 338 Å². The molecule has 262 valence electrons. The SMILES string of the molecule is NC(=NCCCCCC(=O)c1ccc(C(=O)CCCCCN=C(N)NC(=O)c2nc(Cl)c(N)nc2N)o1)NC(=O)c1nc(Cl)c(N)nc1N. The van der Waals surface area contributed by atoms with Crippen molar-refractivity contribution in [2.75, 3.05) is 36.0 Å². The molecule has 14 N–H and O–H groups in total. The number of ketones is 2. The van der Waals surface area contributed by atoms with Crippen molar-refractivity contribution in [3.63, 3.8) is 0 Å². The predicted octanol–water partition coefficient (Wildman–Crippen LogP) is 1.47. The van der Waals surface area contributed by atoms with Gasteiger partial charge in [0.1, 0.15) is 0 Å². The lowest BCUT2D eigenvalue weighted by Crippen LogP contribution is -2.38. The van der Waals surface area contributed by atoms with Crippen LogP contribution in [0.1, 0.15) is 93.5 Å². The third-order valence-corrected chi connectivity index (χ3v) is 7.12. The van der Waals surface area contributed by atoms with Gasteiger partial charge in [-0.1, -0.05) is 36.0 Å². The Morgan fingerprint density at radius 2 is 1.00 bits per heavy atom. The van der Waals surface area contributed by atoms with E-state index in [1.54, 1.807) is 0 Å². The van der Waals surface area contributed by atoms with Gasteiger partial charge in [0, 0.05) is 25.9 Å². The van der Waals surface area contributed by atoms with Crippen molar-refractivity contribution in [3.8, 4) is 0 Å². The van der Waals surface area contributed by atoms with Gasteiger partial charge in [-0.05, 0) is 37.8 Å². The lowest BCUT2D eigenvalue weighted by atomic mass is 10.1. The summed E-state index contributed by atoms with van der Waals surface area (Å²) in [5.41, 5.74) is 33.3. The number of nitrogens with two attached hydrogens (primary N) is 6. The zero-order valence-electron chi connectivity index (χ0n) is 26.2. The van der Waals surface area contributed by atoms with Crippen LogP contribution >= 0.6 is 23.2 Å². The smallest absolute Gasteiger partial charge is 0.280 e. The number of unbranched alkanes of at least 4 members (excludes halogenated alkanes) is 4. The summed E-state index contributed by atoms with van der Waals surface area (Å²) in [6.07, 6.45) is 4.02. The molecule has 0 unspecified atom stereocenters. The summed E-state index contributed by atoms with van der Waals surface area (Å²) in [7, 11) is 0. The number of aromatic nitrogens is 4. The van der Waals surface area contributed by atoms with E-state index in [1.165, 1.54) is 12.1 Å². The minimum atomic E-state index is -0.740. The van der Waals surface area contributed by atoms with Crippen molar-refractivity contribution >= 4 is 81.8 Å². The van der Waals surface area contributed by atoms with Crippen LogP contribution in [0.5, 0.6) is 0 Å². The highest BCUT2D eigenvalue weighted by molar-refractivity contribution is 6.32. The number of nitrogens with zero attached hydrogens (tertiary/aromatic N) is 6. The van der Waals surface area contributed by atoms with E-state index < -0.39 is 11.8 Å². The zero-order chi connectivity index (χ0) is 36.1. The molecule has 49 heavy (non-hydrogen) atoms. The van der Waals surface area contributed by atoms with Gasteiger partial charge < -0.3 is 38.8 Å². The number of aliphatic imine (C=N–C) groups is 2.